The van der Waals surface area contributed by atoms with Crippen LogP contribution in [0.1, 0.15) is 39.2 Å². The van der Waals surface area contributed by atoms with Gasteiger partial charge >= 0.3 is 0 Å². The Balaban J connectivity index is 2.87. The van der Waals surface area contributed by atoms with E-state index in [1.165, 1.54) is 6.07 Å². The molecule has 0 heterocycles. The molecule has 1 aromatic carbocycles. The summed E-state index contributed by atoms with van der Waals surface area (Å²) >= 11 is 0. The van der Waals surface area contributed by atoms with E-state index in [2.05, 4.69) is 30.4 Å². The zero-order valence-corrected chi connectivity index (χ0v) is 13.6. The lowest BCUT2D eigenvalue weighted by molar-refractivity contribution is 0.350. The highest BCUT2D eigenvalue weighted by atomic mass is 32.2. The maximum absolute atomic E-state index is 12.3. The van der Waals surface area contributed by atoms with Gasteiger partial charge < -0.3 is 5.11 Å². The van der Waals surface area contributed by atoms with Gasteiger partial charge in [0.25, 0.3) is 0 Å². The van der Waals surface area contributed by atoms with Gasteiger partial charge in [-0.05, 0) is 37.5 Å². The van der Waals surface area contributed by atoms with Gasteiger partial charge in [0.1, 0.15) is 6.61 Å². The molecule has 0 amide bonds. The minimum absolute atomic E-state index is 0.114. The van der Waals surface area contributed by atoms with Crippen molar-refractivity contribution in [1.82, 2.24) is 4.72 Å². The van der Waals surface area contributed by atoms with Crippen molar-refractivity contribution in [3.8, 4) is 11.8 Å². The first-order valence-corrected chi connectivity index (χ1v) is 8.59. The zero-order chi connectivity index (χ0) is 15.9. The molecule has 0 saturated heterocycles. The number of aliphatic hydroxyl groups is 1. The van der Waals surface area contributed by atoms with Crippen LogP contribution in [0.2, 0.25) is 0 Å². The van der Waals surface area contributed by atoms with Crippen molar-refractivity contribution in [2.24, 2.45) is 5.92 Å². The number of benzene rings is 1. The van der Waals surface area contributed by atoms with E-state index >= 15 is 0 Å². The quantitative estimate of drug-likeness (QED) is 0.791. The van der Waals surface area contributed by atoms with Gasteiger partial charge in [-0.2, -0.15) is 0 Å². The third kappa shape index (κ3) is 5.88. The van der Waals surface area contributed by atoms with E-state index < -0.39 is 10.0 Å². The molecule has 2 unspecified atom stereocenters. The van der Waals surface area contributed by atoms with Crippen LogP contribution in [0.15, 0.2) is 29.2 Å². The maximum atomic E-state index is 12.3. The summed E-state index contributed by atoms with van der Waals surface area (Å²) in [4.78, 5) is 0.197. The van der Waals surface area contributed by atoms with Crippen molar-refractivity contribution in [1.29, 1.82) is 0 Å². The minimum Gasteiger partial charge on any atom is -0.384 e. The largest absolute Gasteiger partial charge is 0.384 e. The number of nitrogens with one attached hydrogen (secondary N) is 1. The summed E-state index contributed by atoms with van der Waals surface area (Å²) in [5.41, 5.74) is 0.571. The molecule has 0 aliphatic rings. The van der Waals surface area contributed by atoms with Crippen LogP contribution in [-0.2, 0) is 10.0 Å². The first-order valence-electron chi connectivity index (χ1n) is 7.11. The Kier molecular flexibility index (Phi) is 6.90. The second-order valence-electron chi connectivity index (χ2n) is 5.26. The highest BCUT2D eigenvalue weighted by Crippen LogP contribution is 2.14. The van der Waals surface area contributed by atoms with Crippen LogP contribution in [0, 0.1) is 17.8 Å². The topological polar surface area (TPSA) is 66.4 Å². The lowest BCUT2D eigenvalue weighted by Crippen LogP contribution is -2.33. The summed E-state index contributed by atoms with van der Waals surface area (Å²) in [6.07, 6.45) is 1.83. The molecule has 5 heteroatoms. The third-order valence-electron chi connectivity index (χ3n) is 3.27. The van der Waals surface area contributed by atoms with E-state index in [0.717, 1.165) is 12.8 Å². The monoisotopic (exact) mass is 309 g/mol. The molecular weight excluding hydrogens is 286 g/mol. The van der Waals surface area contributed by atoms with Crippen molar-refractivity contribution >= 4 is 10.0 Å². The van der Waals surface area contributed by atoms with Gasteiger partial charge in [-0.15, -0.1) is 0 Å². The van der Waals surface area contributed by atoms with Crippen molar-refractivity contribution in [2.75, 3.05) is 6.61 Å². The van der Waals surface area contributed by atoms with Crippen molar-refractivity contribution in [2.45, 2.75) is 44.6 Å². The lowest BCUT2D eigenvalue weighted by Gasteiger charge is -2.17. The Labute approximate surface area is 127 Å². The summed E-state index contributed by atoms with van der Waals surface area (Å²) in [6, 6.07) is 6.31. The van der Waals surface area contributed by atoms with Crippen molar-refractivity contribution in [3.63, 3.8) is 0 Å². The van der Waals surface area contributed by atoms with Crippen LogP contribution in [0.3, 0.4) is 0 Å². The van der Waals surface area contributed by atoms with Gasteiger partial charge in [0.15, 0.2) is 0 Å². The van der Waals surface area contributed by atoms with Crippen LogP contribution in [0.4, 0.5) is 0 Å². The van der Waals surface area contributed by atoms with E-state index in [9.17, 15) is 8.42 Å². The Morgan fingerprint density at radius 2 is 2.05 bits per heavy atom. The predicted molar refractivity (Wildman–Crippen MR) is 84.3 cm³/mol. The van der Waals surface area contributed by atoms with Gasteiger partial charge in [-0.25, -0.2) is 13.1 Å². The smallest absolute Gasteiger partial charge is 0.240 e. The van der Waals surface area contributed by atoms with Crippen LogP contribution in [0.5, 0.6) is 0 Å². The average molecular weight is 309 g/mol. The van der Waals surface area contributed by atoms with E-state index in [1.54, 1.807) is 18.2 Å². The summed E-state index contributed by atoms with van der Waals surface area (Å²) in [5, 5.41) is 8.68. The fraction of sp³-hybridized carbons (Fsp3) is 0.500. The highest BCUT2D eigenvalue weighted by molar-refractivity contribution is 7.89. The molecule has 0 aromatic heterocycles. The molecule has 0 fully saturated rings. The van der Waals surface area contributed by atoms with Crippen LogP contribution in [-0.4, -0.2) is 26.2 Å². The first-order chi connectivity index (χ1) is 9.89. The number of sulfonamides is 1. The zero-order valence-electron chi connectivity index (χ0n) is 12.8. The lowest BCUT2D eigenvalue weighted by atomic mass is 10.0. The molecule has 0 aliphatic heterocycles. The number of hydrogen-bond donors (Lipinski definition) is 2. The molecule has 21 heavy (non-hydrogen) atoms. The predicted octanol–water partition coefficient (Wildman–Crippen LogP) is 2.13. The molecular formula is C16H23NO3S. The molecule has 0 aliphatic carbocycles. The molecule has 0 radical (unpaired) electrons. The van der Waals surface area contributed by atoms with Gasteiger partial charge in [-0.3, -0.25) is 0 Å². The van der Waals surface area contributed by atoms with E-state index in [-0.39, 0.29) is 17.5 Å². The molecule has 0 bridgehead atoms. The van der Waals surface area contributed by atoms with E-state index in [0.29, 0.717) is 11.5 Å². The van der Waals surface area contributed by atoms with Gasteiger partial charge in [0.05, 0.1) is 4.90 Å². The molecule has 4 nitrogen and oxygen atoms in total. The minimum atomic E-state index is -3.54. The van der Waals surface area contributed by atoms with Crippen LogP contribution >= 0.6 is 0 Å². The Bertz CT molecular complexity index is 614. The molecule has 0 saturated carbocycles. The standard InChI is InChI=1S/C16H23NO3S/c1-4-13(2)11-14(3)17-21(19,20)16-9-5-7-15(12-16)8-6-10-18/h5,7,9,12-14,17-18H,4,10-11H2,1-3H3. The molecule has 0 spiro atoms. The van der Waals surface area contributed by atoms with Crippen molar-refractivity contribution in [3.05, 3.63) is 29.8 Å². The van der Waals surface area contributed by atoms with Gasteiger partial charge in [0.2, 0.25) is 10.0 Å². The fourth-order valence-electron chi connectivity index (χ4n) is 2.03. The molecule has 1 rings (SSSR count). The van der Waals surface area contributed by atoms with Crippen LogP contribution in [0.25, 0.3) is 0 Å². The van der Waals surface area contributed by atoms with E-state index in [1.807, 2.05) is 6.92 Å². The van der Waals surface area contributed by atoms with Crippen molar-refractivity contribution < 1.29 is 13.5 Å². The summed E-state index contributed by atoms with van der Waals surface area (Å²) in [5.74, 6) is 5.69. The molecule has 1 aromatic rings. The average Bonchev–Trinajstić information content (AvgIpc) is 2.44. The maximum Gasteiger partial charge on any atom is 0.240 e. The molecule has 116 valence electrons. The number of rotatable bonds is 6. The fourth-order valence-corrected chi connectivity index (χ4v) is 3.34. The molecule has 2 N–H and O–H groups in total. The first kappa shape index (κ1) is 17.7. The summed E-state index contributed by atoms with van der Waals surface area (Å²) in [7, 11) is -3.54. The Morgan fingerprint density at radius 1 is 1.33 bits per heavy atom. The third-order valence-corrected chi connectivity index (χ3v) is 4.85. The SMILES string of the molecule is CCC(C)CC(C)NS(=O)(=O)c1cccc(C#CCO)c1. The number of hydrogen-bond acceptors (Lipinski definition) is 3. The van der Waals surface area contributed by atoms with E-state index in [4.69, 9.17) is 5.11 Å². The summed E-state index contributed by atoms with van der Waals surface area (Å²) in [6.45, 7) is 5.82. The second kappa shape index (κ2) is 8.18. The van der Waals surface area contributed by atoms with Crippen LogP contribution < -0.4 is 4.72 Å². The molecule has 2 atom stereocenters. The normalized spacial score (nSPS) is 14.1. The highest BCUT2D eigenvalue weighted by Gasteiger charge is 2.18. The van der Waals surface area contributed by atoms with Gasteiger partial charge in [0, 0.05) is 11.6 Å². The number of aliphatic hydroxyl groups excluding tert-OH is 1. The Morgan fingerprint density at radius 3 is 2.67 bits per heavy atom. The van der Waals surface area contributed by atoms with Gasteiger partial charge in [-0.1, -0.05) is 38.2 Å². The summed E-state index contributed by atoms with van der Waals surface area (Å²) < 4.78 is 27.4. The Hall–Kier alpha value is -1.35. The second-order valence-corrected chi connectivity index (χ2v) is 6.97.